The monoisotopic (exact) mass is 177 g/mol. The molecule has 0 aromatic carbocycles. The van der Waals surface area contributed by atoms with E-state index in [9.17, 15) is 8.78 Å². The lowest BCUT2D eigenvalue weighted by atomic mass is 10.0. The summed E-state index contributed by atoms with van der Waals surface area (Å²) >= 11 is 0. The Labute approximate surface area is 74.4 Å². The molecule has 0 saturated carbocycles. The van der Waals surface area contributed by atoms with Crippen molar-refractivity contribution in [2.75, 3.05) is 0 Å². The molecule has 0 fully saturated rings. The molecule has 0 heterocycles. The summed E-state index contributed by atoms with van der Waals surface area (Å²) in [6.07, 6.45) is 3.80. The number of alkyl halides is 2. The lowest BCUT2D eigenvalue weighted by Gasteiger charge is -2.15. The van der Waals surface area contributed by atoms with Crippen LogP contribution in [-0.2, 0) is 0 Å². The number of halogens is 2. The Kier molecular flexibility index (Phi) is 6.31. The molecule has 0 aliphatic heterocycles. The normalized spacial score (nSPS) is 12.0. The van der Waals surface area contributed by atoms with Crippen molar-refractivity contribution in [3.63, 3.8) is 0 Å². The van der Waals surface area contributed by atoms with Crippen LogP contribution in [0.5, 0.6) is 0 Å². The van der Waals surface area contributed by atoms with Crippen LogP contribution in [0.25, 0.3) is 0 Å². The molecule has 0 aromatic rings. The molecule has 0 amide bonds. The molecule has 1 radical (unpaired) electrons. The highest BCUT2D eigenvalue weighted by Gasteiger charge is 2.26. The maximum absolute atomic E-state index is 12.9. The van der Waals surface area contributed by atoms with Gasteiger partial charge in [-0.3, -0.25) is 0 Å². The van der Waals surface area contributed by atoms with E-state index in [1.807, 2.05) is 6.92 Å². The van der Waals surface area contributed by atoms with E-state index in [0.29, 0.717) is 19.3 Å². The molecule has 0 aromatic heterocycles. The van der Waals surface area contributed by atoms with Crippen molar-refractivity contribution in [3.8, 4) is 0 Å². The van der Waals surface area contributed by atoms with Crippen LogP contribution in [0, 0.1) is 6.92 Å². The Hall–Kier alpha value is -0.140. The van der Waals surface area contributed by atoms with Crippen LogP contribution >= 0.6 is 0 Å². The zero-order chi connectivity index (χ0) is 9.45. The van der Waals surface area contributed by atoms with Crippen LogP contribution in [0.15, 0.2) is 0 Å². The van der Waals surface area contributed by atoms with Gasteiger partial charge < -0.3 is 0 Å². The summed E-state index contributed by atoms with van der Waals surface area (Å²) in [7, 11) is 0. The van der Waals surface area contributed by atoms with E-state index in [2.05, 4.69) is 6.92 Å². The molecule has 0 saturated heterocycles. The molecule has 2 heteroatoms. The molecule has 0 aliphatic rings. The molecule has 0 unspecified atom stereocenters. The maximum Gasteiger partial charge on any atom is 0.248 e. The van der Waals surface area contributed by atoms with Gasteiger partial charge in [0, 0.05) is 12.8 Å². The van der Waals surface area contributed by atoms with Crippen LogP contribution in [0.2, 0.25) is 0 Å². The minimum Gasteiger partial charge on any atom is -0.207 e. The van der Waals surface area contributed by atoms with Gasteiger partial charge in [0.05, 0.1) is 0 Å². The smallest absolute Gasteiger partial charge is 0.207 e. The second-order valence-corrected chi connectivity index (χ2v) is 3.27. The number of hydrogen-bond acceptors (Lipinski definition) is 0. The maximum atomic E-state index is 12.9. The van der Waals surface area contributed by atoms with E-state index in [4.69, 9.17) is 0 Å². The Morgan fingerprint density at radius 1 is 1.08 bits per heavy atom. The van der Waals surface area contributed by atoms with Gasteiger partial charge in [-0.05, 0) is 12.8 Å². The quantitative estimate of drug-likeness (QED) is 0.511. The van der Waals surface area contributed by atoms with Crippen molar-refractivity contribution in [1.29, 1.82) is 0 Å². The van der Waals surface area contributed by atoms with E-state index < -0.39 is 5.92 Å². The van der Waals surface area contributed by atoms with Crippen LogP contribution in [-0.4, -0.2) is 5.92 Å². The van der Waals surface area contributed by atoms with Crippen molar-refractivity contribution in [1.82, 2.24) is 0 Å². The van der Waals surface area contributed by atoms with Gasteiger partial charge in [-0.25, -0.2) is 8.78 Å². The van der Waals surface area contributed by atoms with Gasteiger partial charge in [0.1, 0.15) is 0 Å². The highest BCUT2D eigenvalue weighted by molar-refractivity contribution is 4.66. The fourth-order valence-electron chi connectivity index (χ4n) is 1.14. The van der Waals surface area contributed by atoms with Gasteiger partial charge >= 0.3 is 0 Å². The summed E-state index contributed by atoms with van der Waals surface area (Å²) in [5, 5.41) is 0. The van der Waals surface area contributed by atoms with Crippen LogP contribution in [0.1, 0.15) is 51.9 Å². The summed E-state index contributed by atoms with van der Waals surface area (Å²) in [5.74, 6) is -2.44. The fraction of sp³-hybridized carbons (Fsp3) is 0.900. The van der Waals surface area contributed by atoms with E-state index in [1.165, 1.54) is 0 Å². The molecule has 0 N–H and O–H groups in total. The molecular formula is C10H19F2. The highest BCUT2D eigenvalue weighted by atomic mass is 19.3. The summed E-state index contributed by atoms with van der Waals surface area (Å²) in [6, 6.07) is 0. The second-order valence-electron chi connectivity index (χ2n) is 3.27. The molecule has 73 valence electrons. The molecule has 0 aliphatic carbocycles. The van der Waals surface area contributed by atoms with Gasteiger partial charge in [0.2, 0.25) is 5.92 Å². The number of hydrogen-bond donors (Lipinski definition) is 0. The number of rotatable bonds is 7. The molecule has 0 atom stereocenters. The van der Waals surface area contributed by atoms with Crippen molar-refractivity contribution in [2.24, 2.45) is 0 Å². The first-order chi connectivity index (χ1) is 5.62. The Bertz CT molecular complexity index is 100. The lowest BCUT2D eigenvalue weighted by molar-refractivity contribution is -0.0198. The van der Waals surface area contributed by atoms with Gasteiger partial charge in [0.15, 0.2) is 0 Å². The van der Waals surface area contributed by atoms with Crippen molar-refractivity contribution in [2.45, 2.75) is 57.8 Å². The highest BCUT2D eigenvalue weighted by Crippen LogP contribution is 2.27. The molecule has 0 nitrogen and oxygen atoms in total. The van der Waals surface area contributed by atoms with Crippen molar-refractivity contribution >= 4 is 0 Å². The predicted molar refractivity (Wildman–Crippen MR) is 48.3 cm³/mol. The molecule has 12 heavy (non-hydrogen) atoms. The first-order valence-corrected chi connectivity index (χ1v) is 4.79. The lowest BCUT2D eigenvalue weighted by Crippen LogP contribution is -2.15. The van der Waals surface area contributed by atoms with Gasteiger partial charge in [-0.1, -0.05) is 33.1 Å². The fourth-order valence-corrected chi connectivity index (χ4v) is 1.14. The standard InChI is InChI=1S/C10H19F2/c1-3-5-7-9-10(11,12)8-6-4-2/h2-9H2,1H3. The summed E-state index contributed by atoms with van der Waals surface area (Å²) in [4.78, 5) is 0. The van der Waals surface area contributed by atoms with E-state index >= 15 is 0 Å². The van der Waals surface area contributed by atoms with E-state index in [-0.39, 0.29) is 12.8 Å². The third-order valence-corrected chi connectivity index (χ3v) is 1.94. The van der Waals surface area contributed by atoms with E-state index in [0.717, 1.165) is 12.8 Å². The Morgan fingerprint density at radius 2 is 1.67 bits per heavy atom. The van der Waals surface area contributed by atoms with Crippen LogP contribution < -0.4 is 0 Å². The Balaban J connectivity index is 3.42. The largest absolute Gasteiger partial charge is 0.248 e. The van der Waals surface area contributed by atoms with Crippen molar-refractivity contribution < 1.29 is 8.78 Å². The molecule has 0 spiro atoms. The zero-order valence-corrected chi connectivity index (χ0v) is 7.91. The minimum absolute atomic E-state index is 0.0141. The van der Waals surface area contributed by atoms with Crippen molar-refractivity contribution in [3.05, 3.63) is 6.92 Å². The topological polar surface area (TPSA) is 0 Å². The van der Waals surface area contributed by atoms with Gasteiger partial charge in [0.25, 0.3) is 0 Å². The third kappa shape index (κ3) is 6.56. The average Bonchev–Trinajstić information content (AvgIpc) is 2.01. The zero-order valence-electron chi connectivity index (χ0n) is 7.91. The molecule has 0 rings (SSSR count). The first-order valence-electron chi connectivity index (χ1n) is 4.79. The summed E-state index contributed by atoms with van der Waals surface area (Å²) in [6.45, 7) is 5.57. The summed E-state index contributed by atoms with van der Waals surface area (Å²) in [5.41, 5.74) is 0. The minimum atomic E-state index is -2.44. The molecular weight excluding hydrogens is 158 g/mol. The van der Waals surface area contributed by atoms with Gasteiger partial charge in [-0.15, -0.1) is 0 Å². The van der Waals surface area contributed by atoms with Gasteiger partial charge in [-0.2, -0.15) is 0 Å². The predicted octanol–water partition coefficient (Wildman–Crippen LogP) is 4.21. The summed E-state index contributed by atoms with van der Waals surface area (Å²) < 4.78 is 25.8. The van der Waals surface area contributed by atoms with Crippen LogP contribution in [0.3, 0.4) is 0 Å². The SMILES string of the molecule is [CH2]CCCC(F)(F)CCCCC. The second kappa shape index (κ2) is 6.38. The van der Waals surface area contributed by atoms with E-state index in [1.54, 1.807) is 0 Å². The Morgan fingerprint density at radius 3 is 2.17 bits per heavy atom. The van der Waals surface area contributed by atoms with Crippen LogP contribution in [0.4, 0.5) is 8.78 Å². The first kappa shape index (κ1) is 11.9. The number of unbranched alkanes of at least 4 members (excludes halogenated alkanes) is 3. The third-order valence-electron chi connectivity index (χ3n) is 1.94. The molecule has 0 bridgehead atoms. The average molecular weight is 177 g/mol.